The molecule has 4 nitrogen and oxygen atoms in total. The molecule has 5 heteroatoms. The van der Waals surface area contributed by atoms with E-state index in [1.165, 1.54) is 5.39 Å². The summed E-state index contributed by atoms with van der Waals surface area (Å²) in [6.45, 7) is 10.00. The summed E-state index contributed by atoms with van der Waals surface area (Å²) >= 11 is 1.72. The van der Waals surface area contributed by atoms with E-state index in [0.29, 0.717) is 12.0 Å². The second-order valence-corrected chi connectivity index (χ2v) is 7.12. The molecule has 1 aliphatic rings. The number of piperazine rings is 1. The Morgan fingerprint density at radius 2 is 2.14 bits per heavy atom. The number of aromatic nitrogens is 2. The molecule has 1 fully saturated rings. The van der Waals surface area contributed by atoms with Crippen LogP contribution in [0.2, 0.25) is 0 Å². The van der Waals surface area contributed by atoms with Gasteiger partial charge in [-0.25, -0.2) is 9.97 Å². The fourth-order valence-corrected chi connectivity index (χ4v) is 3.82. The first kappa shape index (κ1) is 14.7. The minimum absolute atomic E-state index is 0.520. The maximum absolute atomic E-state index is 4.88. The van der Waals surface area contributed by atoms with Gasteiger partial charge in [0.1, 0.15) is 16.5 Å². The van der Waals surface area contributed by atoms with Crippen LogP contribution in [-0.2, 0) is 6.42 Å². The highest BCUT2D eigenvalue weighted by Crippen LogP contribution is 2.31. The van der Waals surface area contributed by atoms with Gasteiger partial charge in [-0.2, -0.15) is 0 Å². The summed E-state index contributed by atoms with van der Waals surface area (Å²) < 4.78 is 0. The third kappa shape index (κ3) is 2.77. The quantitative estimate of drug-likeness (QED) is 0.872. The lowest BCUT2D eigenvalue weighted by molar-refractivity contribution is 0.236. The highest BCUT2D eigenvalue weighted by molar-refractivity contribution is 7.16. The van der Waals surface area contributed by atoms with Crippen LogP contribution in [0.1, 0.15) is 26.6 Å². The van der Waals surface area contributed by atoms with Gasteiger partial charge in [-0.3, -0.25) is 0 Å². The van der Waals surface area contributed by atoms with Gasteiger partial charge in [0.2, 0.25) is 0 Å². The summed E-state index contributed by atoms with van der Waals surface area (Å²) in [6.07, 6.45) is 0.890. The Balaban J connectivity index is 2.07. The van der Waals surface area contributed by atoms with Crippen LogP contribution in [-0.4, -0.2) is 47.6 Å². The Labute approximate surface area is 130 Å². The van der Waals surface area contributed by atoms with Crippen molar-refractivity contribution in [3.8, 4) is 0 Å². The van der Waals surface area contributed by atoms with E-state index in [0.717, 1.165) is 42.5 Å². The first-order chi connectivity index (χ1) is 10.1. The average molecular weight is 304 g/mol. The first-order valence-electron chi connectivity index (χ1n) is 7.79. The van der Waals surface area contributed by atoms with Crippen LogP contribution >= 0.6 is 11.3 Å². The normalized spacial score (nSPS) is 20.6. The van der Waals surface area contributed by atoms with Gasteiger partial charge in [-0.05, 0) is 24.4 Å². The van der Waals surface area contributed by atoms with Crippen molar-refractivity contribution < 1.29 is 0 Å². The SMILES string of the molecule is CCc1nc(N2CCN(C)CC2C(C)C)c2ccsc2n1. The van der Waals surface area contributed by atoms with Crippen LogP contribution in [0, 0.1) is 5.92 Å². The predicted molar refractivity (Wildman–Crippen MR) is 90.3 cm³/mol. The van der Waals surface area contributed by atoms with Crippen molar-refractivity contribution in [1.82, 2.24) is 14.9 Å². The van der Waals surface area contributed by atoms with Crippen LogP contribution in [0.5, 0.6) is 0 Å². The maximum atomic E-state index is 4.88. The second-order valence-electron chi connectivity index (χ2n) is 6.22. The Kier molecular flexibility index (Phi) is 4.13. The van der Waals surface area contributed by atoms with Gasteiger partial charge in [0.15, 0.2) is 0 Å². The number of hydrogen-bond donors (Lipinski definition) is 0. The number of fused-ring (bicyclic) bond motifs is 1. The molecule has 2 aromatic rings. The topological polar surface area (TPSA) is 32.3 Å². The molecule has 1 atom stereocenters. The lowest BCUT2D eigenvalue weighted by Gasteiger charge is -2.43. The lowest BCUT2D eigenvalue weighted by Crippen LogP contribution is -2.54. The molecule has 21 heavy (non-hydrogen) atoms. The zero-order valence-electron chi connectivity index (χ0n) is 13.3. The Bertz CT molecular complexity index is 622. The van der Waals surface area contributed by atoms with Gasteiger partial charge in [-0.1, -0.05) is 20.8 Å². The molecule has 0 amide bonds. The van der Waals surface area contributed by atoms with Crippen molar-refractivity contribution in [1.29, 1.82) is 0 Å². The van der Waals surface area contributed by atoms with Gasteiger partial charge in [0.05, 0.1) is 5.39 Å². The Morgan fingerprint density at radius 3 is 2.86 bits per heavy atom. The third-order valence-corrected chi connectivity index (χ3v) is 5.14. The molecule has 0 saturated carbocycles. The van der Waals surface area contributed by atoms with Crippen molar-refractivity contribution >= 4 is 27.4 Å². The van der Waals surface area contributed by atoms with E-state index in [9.17, 15) is 0 Å². The van der Waals surface area contributed by atoms with Crippen LogP contribution in [0.3, 0.4) is 0 Å². The maximum Gasteiger partial charge on any atom is 0.141 e. The smallest absolute Gasteiger partial charge is 0.141 e. The summed E-state index contributed by atoms with van der Waals surface area (Å²) in [5, 5.41) is 3.34. The van der Waals surface area contributed by atoms with Gasteiger partial charge in [0, 0.05) is 32.1 Å². The fraction of sp³-hybridized carbons (Fsp3) is 0.625. The van der Waals surface area contributed by atoms with E-state index in [-0.39, 0.29) is 0 Å². The minimum atomic E-state index is 0.520. The van der Waals surface area contributed by atoms with E-state index in [1.54, 1.807) is 11.3 Å². The van der Waals surface area contributed by atoms with E-state index in [1.807, 2.05) is 0 Å². The second kappa shape index (κ2) is 5.89. The summed E-state index contributed by atoms with van der Waals surface area (Å²) in [7, 11) is 2.21. The molecule has 1 aliphatic heterocycles. The monoisotopic (exact) mass is 304 g/mol. The van der Waals surface area contributed by atoms with Gasteiger partial charge < -0.3 is 9.80 Å². The summed E-state index contributed by atoms with van der Waals surface area (Å²) in [4.78, 5) is 15.6. The molecule has 0 bridgehead atoms. The minimum Gasteiger partial charge on any atom is -0.350 e. The molecule has 0 N–H and O–H groups in total. The molecule has 1 unspecified atom stereocenters. The molecule has 114 valence electrons. The predicted octanol–water partition coefficient (Wildman–Crippen LogP) is 3.03. The van der Waals surface area contributed by atoms with Gasteiger partial charge in [-0.15, -0.1) is 11.3 Å². The van der Waals surface area contributed by atoms with E-state index in [4.69, 9.17) is 4.98 Å². The number of likely N-dealkylation sites (N-methyl/N-ethyl adjacent to an activating group) is 1. The standard InChI is InChI=1S/C16H24N4S/c1-5-14-17-15(12-6-9-21-16(12)18-14)20-8-7-19(4)10-13(20)11(2)3/h6,9,11,13H,5,7-8,10H2,1-4H3. The van der Waals surface area contributed by atoms with E-state index in [2.05, 4.69) is 54.0 Å². The van der Waals surface area contributed by atoms with Gasteiger partial charge >= 0.3 is 0 Å². The number of hydrogen-bond acceptors (Lipinski definition) is 5. The molecule has 2 aromatic heterocycles. The molecule has 0 aliphatic carbocycles. The summed E-state index contributed by atoms with van der Waals surface area (Å²) in [6, 6.07) is 2.69. The molecule has 3 rings (SSSR count). The van der Waals surface area contributed by atoms with Crippen molar-refractivity contribution in [3.05, 3.63) is 17.3 Å². The van der Waals surface area contributed by atoms with Crippen LogP contribution in [0.4, 0.5) is 5.82 Å². The average Bonchev–Trinajstić information content (AvgIpc) is 2.94. The molecule has 0 radical (unpaired) electrons. The number of thiophene rings is 1. The largest absolute Gasteiger partial charge is 0.350 e. The van der Waals surface area contributed by atoms with E-state index >= 15 is 0 Å². The fourth-order valence-electron chi connectivity index (χ4n) is 3.05. The molecule has 3 heterocycles. The van der Waals surface area contributed by atoms with Crippen LogP contribution < -0.4 is 4.90 Å². The highest BCUT2D eigenvalue weighted by Gasteiger charge is 2.30. The zero-order valence-corrected chi connectivity index (χ0v) is 14.2. The third-order valence-electron chi connectivity index (χ3n) is 4.33. The molecule has 0 spiro atoms. The van der Waals surface area contributed by atoms with Gasteiger partial charge in [0.25, 0.3) is 0 Å². The van der Waals surface area contributed by atoms with Crippen molar-refractivity contribution in [2.75, 3.05) is 31.6 Å². The molecule has 1 saturated heterocycles. The first-order valence-corrected chi connectivity index (χ1v) is 8.67. The zero-order chi connectivity index (χ0) is 15.0. The van der Waals surface area contributed by atoms with Crippen LogP contribution in [0.25, 0.3) is 10.2 Å². The van der Waals surface area contributed by atoms with E-state index < -0.39 is 0 Å². The molecular weight excluding hydrogens is 280 g/mol. The lowest BCUT2D eigenvalue weighted by atomic mass is 9.99. The molecule has 0 aromatic carbocycles. The van der Waals surface area contributed by atoms with Crippen molar-refractivity contribution in [3.63, 3.8) is 0 Å². The number of rotatable bonds is 3. The molecular formula is C16H24N4S. The number of nitrogens with zero attached hydrogens (tertiary/aromatic N) is 4. The highest BCUT2D eigenvalue weighted by atomic mass is 32.1. The Morgan fingerprint density at radius 1 is 1.33 bits per heavy atom. The van der Waals surface area contributed by atoms with Crippen LogP contribution in [0.15, 0.2) is 11.4 Å². The number of anilines is 1. The Hall–Kier alpha value is -1.20. The summed E-state index contributed by atoms with van der Waals surface area (Å²) in [5.74, 6) is 2.72. The number of aryl methyl sites for hydroxylation is 1. The van der Waals surface area contributed by atoms with Crippen molar-refractivity contribution in [2.45, 2.75) is 33.2 Å². The van der Waals surface area contributed by atoms with Crippen molar-refractivity contribution in [2.24, 2.45) is 5.92 Å². The summed E-state index contributed by atoms with van der Waals surface area (Å²) in [5.41, 5.74) is 0.